The number of ether oxygens (including phenoxy) is 1. The van der Waals surface area contributed by atoms with Gasteiger partial charge in [-0.15, -0.1) is 11.3 Å². The fourth-order valence-corrected chi connectivity index (χ4v) is 3.98. The van der Waals surface area contributed by atoms with Crippen molar-refractivity contribution in [1.82, 2.24) is 0 Å². The predicted octanol–water partition coefficient (Wildman–Crippen LogP) is 5.30. The van der Waals surface area contributed by atoms with Gasteiger partial charge in [-0.1, -0.05) is 13.8 Å². The summed E-state index contributed by atoms with van der Waals surface area (Å²) in [6.45, 7) is 3.59. The number of thiophene rings is 1. The average molecular weight is 503 g/mol. The maximum atomic E-state index is 12.2. The first-order valence-corrected chi connectivity index (χ1v) is 10.2. The third-order valence-electron chi connectivity index (χ3n) is 3.26. The van der Waals surface area contributed by atoms with Crippen molar-refractivity contribution < 1.29 is 19.1 Å². The fourth-order valence-electron chi connectivity index (χ4n) is 2.06. The van der Waals surface area contributed by atoms with Crippen molar-refractivity contribution in [2.45, 2.75) is 20.3 Å². The SMILES string of the molecule is CC(C)CC(=O)Nc1ccc(C(=O)COC(=O)c2cc(Br)c(Br)s2)cc1. The van der Waals surface area contributed by atoms with E-state index in [0.29, 0.717) is 22.5 Å². The van der Waals surface area contributed by atoms with Gasteiger partial charge in [0.15, 0.2) is 12.4 Å². The summed E-state index contributed by atoms with van der Waals surface area (Å²) in [5, 5.41) is 2.78. The van der Waals surface area contributed by atoms with Crippen LogP contribution in [0.3, 0.4) is 0 Å². The van der Waals surface area contributed by atoms with Crippen molar-refractivity contribution in [3.8, 4) is 0 Å². The molecule has 0 spiro atoms. The zero-order valence-electron chi connectivity index (χ0n) is 14.2. The molecule has 26 heavy (non-hydrogen) atoms. The molecule has 138 valence electrons. The van der Waals surface area contributed by atoms with Gasteiger partial charge in [-0.05, 0) is 68.1 Å². The van der Waals surface area contributed by atoms with Crippen molar-refractivity contribution in [3.63, 3.8) is 0 Å². The summed E-state index contributed by atoms with van der Waals surface area (Å²) in [7, 11) is 0. The molecule has 1 N–H and O–H groups in total. The second kappa shape index (κ2) is 9.43. The smallest absolute Gasteiger partial charge is 0.348 e. The number of Topliss-reactive ketones (excluding diaryl/α,β-unsaturated/α-hetero) is 1. The van der Waals surface area contributed by atoms with Crippen LogP contribution in [-0.2, 0) is 9.53 Å². The number of halogens is 2. The van der Waals surface area contributed by atoms with E-state index in [0.717, 1.165) is 8.26 Å². The number of rotatable bonds is 7. The molecule has 0 bridgehead atoms. The van der Waals surface area contributed by atoms with Crippen molar-refractivity contribution in [2.24, 2.45) is 5.92 Å². The molecule has 1 aromatic carbocycles. The van der Waals surface area contributed by atoms with E-state index in [1.165, 1.54) is 11.3 Å². The van der Waals surface area contributed by atoms with Crippen molar-refractivity contribution in [2.75, 3.05) is 11.9 Å². The van der Waals surface area contributed by atoms with Gasteiger partial charge >= 0.3 is 5.97 Å². The lowest BCUT2D eigenvalue weighted by Gasteiger charge is -2.08. The summed E-state index contributed by atoms with van der Waals surface area (Å²) >= 11 is 7.83. The summed E-state index contributed by atoms with van der Waals surface area (Å²) in [5.74, 6) is -0.656. The predicted molar refractivity (Wildman–Crippen MR) is 109 cm³/mol. The molecule has 0 atom stereocenters. The van der Waals surface area contributed by atoms with Gasteiger partial charge in [0, 0.05) is 22.1 Å². The van der Waals surface area contributed by atoms with Gasteiger partial charge in [0.05, 0.1) is 3.79 Å². The minimum absolute atomic E-state index is 0.0683. The van der Waals surface area contributed by atoms with Crippen LogP contribution in [0.4, 0.5) is 5.69 Å². The summed E-state index contributed by atoms with van der Waals surface area (Å²) in [5.41, 5.74) is 1.03. The maximum absolute atomic E-state index is 12.2. The van der Waals surface area contributed by atoms with E-state index >= 15 is 0 Å². The Morgan fingerprint density at radius 1 is 1.15 bits per heavy atom. The Labute approximate surface area is 172 Å². The molecular formula is C18H17Br2NO4S. The standard InChI is InChI=1S/C18H17Br2NO4S/c1-10(2)7-16(23)21-12-5-3-11(4-6-12)14(22)9-25-18(24)15-8-13(19)17(20)26-15/h3-6,8,10H,7,9H2,1-2H3,(H,21,23). The molecule has 0 unspecified atom stereocenters. The molecule has 1 heterocycles. The minimum atomic E-state index is -0.549. The molecule has 0 radical (unpaired) electrons. The molecule has 8 heteroatoms. The third-order valence-corrected chi connectivity index (χ3v) is 6.50. The van der Waals surface area contributed by atoms with E-state index in [-0.39, 0.29) is 24.2 Å². The van der Waals surface area contributed by atoms with Crippen LogP contribution in [0.2, 0.25) is 0 Å². The third kappa shape index (κ3) is 6.03. The van der Waals surface area contributed by atoms with Gasteiger partial charge in [-0.3, -0.25) is 9.59 Å². The molecule has 2 rings (SSSR count). The molecule has 1 amide bonds. The second-order valence-corrected chi connectivity index (χ2v) is 9.18. The van der Waals surface area contributed by atoms with E-state index < -0.39 is 5.97 Å². The van der Waals surface area contributed by atoms with Crippen LogP contribution >= 0.6 is 43.2 Å². The molecular weight excluding hydrogens is 486 g/mol. The number of ketones is 1. The molecule has 1 aromatic heterocycles. The summed E-state index contributed by atoms with van der Waals surface area (Å²) in [6.07, 6.45) is 0.436. The quantitative estimate of drug-likeness (QED) is 0.412. The highest BCUT2D eigenvalue weighted by molar-refractivity contribution is 9.13. The van der Waals surface area contributed by atoms with Crippen LogP contribution in [0.15, 0.2) is 38.6 Å². The minimum Gasteiger partial charge on any atom is -0.453 e. The average Bonchev–Trinajstić information content (AvgIpc) is 2.91. The second-order valence-electron chi connectivity index (χ2n) is 5.96. The Bertz CT molecular complexity index is 796. The lowest BCUT2D eigenvalue weighted by atomic mass is 10.1. The summed E-state index contributed by atoms with van der Waals surface area (Å²) in [4.78, 5) is 36.2. The number of anilines is 1. The topological polar surface area (TPSA) is 72.5 Å². The molecule has 0 fully saturated rings. The summed E-state index contributed by atoms with van der Waals surface area (Å²) < 4.78 is 6.60. The van der Waals surface area contributed by atoms with E-state index in [4.69, 9.17) is 4.74 Å². The highest BCUT2D eigenvalue weighted by Crippen LogP contribution is 2.32. The van der Waals surface area contributed by atoms with Crippen molar-refractivity contribution in [1.29, 1.82) is 0 Å². The lowest BCUT2D eigenvalue weighted by molar-refractivity contribution is -0.116. The van der Waals surface area contributed by atoms with Gasteiger partial charge in [0.2, 0.25) is 5.91 Å². The van der Waals surface area contributed by atoms with Crippen molar-refractivity contribution >= 4 is 66.5 Å². The number of amides is 1. The van der Waals surface area contributed by atoms with Crippen LogP contribution in [0.25, 0.3) is 0 Å². The number of carbonyl (C=O) groups excluding carboxylic acids is 3. The maximum Gasteiger partial charge on any atom is 0.348 e. The van der Waals surface area contributed by atoms with Crippen LogP contribution in [0, 0.1) is 5.92 Å². The van der Waals surface area contributed by atoms with E-state index in [1.807, 2.05) is 13.8 Å². The van der Waals surface area contributed by atoms with Gasteiger partial charge in [0.25, 0.3) is 0 Å². The van der Waals surface area contributed by atoms with E-state index in [2.05, 4.69) is 37.2 Å². The largest absolute Gasteiger partial charge is 0.453 e. The first-order chi connectivity index (χ1) is 12.3. The highest BCUT2D eigenvalue weighted by atomic mass is 79.9. The van der Waals surface area contributed by atoms with E-state index in [1.54, 1.807) is 30.3 Å². The number of nitrogens with one attached hydrogen (secondary N) is 1. The zero-order valence-corrected chi connectivity index (χ0v) is 18.2. The Morgan fingerprint density at radius 3 is 2.35 bits per heavy atom. The van der Waals surface area contributed by atoms with Gasteiger partial charge in [-0.2, -0.15) is 0 Å². The molecule has 0 saturated heterocycles. The normalized spacial score (nSPS) is 10.7. The first kappa shape index (κ1) is 20.8. The number of benzene rings is 1. The Morgan fingerprint density at radius 2 is 1.81 bits per heavy atom. The van der Waals surface area contributed by atoms with Gasteiger partial charge in [0.1, 0.15) is 4.88 Å². The molecule has 5 nitrogen and oxygen atoms in total. The Balaban J connectivity index is 1.89. The molecule has 0 aliphatic carbocycles. The van der Waals surface area contributed by atoms with Crippen LogP contribution in [0.5, 0.6) is 0 Å². The van der Waals surface area contributed by atoms with Crippen LogP contribution in [0.1, 0.15) is 40.3 Å². The molecule has 2 aromatic rings. The molecule has 0 aliphatic heterocycles. The van der Waals surface area contributed by atoms with Gasteiger partial charge < -0.3 is 10.1 Å². The number of carbonyl (C=O) groups is 3. The highest BCUT2D eigenvalue weighted by Gasteiger charge is 2.16. The first-order valence-electron chi connectivity index (χ1n) is 7.81. The number of hydrogen-bond acceptors (Lipinski definition) is 5. The fraction of sp³-hybridized carbons (Fsp3) is 0.278. The Kier molecular flexibility index (Phi) is 7.55. The van der Waals surface area contributed by atoms with E-state index in [9.17, 15) is 14.4 Å². The number of esters is 1. The van der Waals surface area contributed by atoms with Gasteiger partial charge in [-0.25, -0.2) is 4.79 Å². The molecule has 0 aliphatic rings. The lowest BCUT2D eigenvalue weighted by Crippen LogP contribution is -2.15. The molecule has 0 saturated carbocycles. The number of hydrogen-bond donors (Lipinski definition) is 1. The van der Waals surface area contributed by atoms with Crippen LogP contribution in [-0.4, -0.2) is 24.3 Å². The van der Waals surface area contributed by atoms with Crippen molar-refractivity contribution in [3.05, 3.63) is 49.0 Å². The zero-order chi connectivity index (χ0) is 19.3. The summed E-state index contributed by atoms with van der Waals surface area (Å²) in [6, 6.07) is 8.14. The van der Waals surface area contributed by atoms with Crippen LogP contribution < -0.4 is 5.32 Å². The Hall–Kier alpha value is -1.51. The monoisotopic (exact) mass is 501 g/mol.